The normalized spacial score (nSPS) is 15.2. The lowest BCUT2D eigenvalue weighted by Gasteiger charge is -2.35. The standard InChI is InChI=1S/C19H19F3N4O3/c20-19(21,22)14-5-7-15(8-6-14)23-18(27)13-24-9-11-25(12-10-24)16-3-1-2-4-17(16)26(28)29/h1-8H,9-13H2,(H,23,27). The second-order valence-electron chi connectivity index (χ2n) is 6.63. The van der Waals surface area contributed by atoms with E-state index in [9.17, 15) is 28.1 Å². The molecule has 2 aromatic carbocycles. The van der Waals surface area contributed by atoms with Gasteiger partial charge in [-0.25, -0.2) is 0 Å². The molecule has 0 saturated carbocycles. The average molecular weight is 408 g/mol. The lowest BCUT2D eigenvalue weighted by Crippen LogP contribution is -2.48. The van der Waals surface area contributed by atoms with Gasteiger partial charge in [-0.2, -0.15) is 13.2 Å². The third-order valence-corrected chi connectivity index (χ3v) is 4.65. The molecule has 3 rings (SSSR count). The summed E-state index contributed by atoms with van der Waals surface area (Å²) in [5.41, 5.74) is 0.107. The van der Waals surface area contributed by atoms with E-state index in [1.54, 1.807) is 18.2 Å². The molecule has 1 saturated heterocycles. The lowest BCUT2D eigenvalue weighted by atomic mass is 10.2. The molecule has 29 heavy (non-hydrogen) atoms. The molecule has 1 amide bonds. The quantitative estimate of drug-likeness (QED) is 0.606. The minimum absolute atomic E-state index is 0.0426. The second-order valence-corrected chi connectivity index (χ2v) is 6.63. The van der Waals surface area contributed by atoms with E-state index >= 15 is 0 Å². The zero-order valence-corrected chi connectivity index (χ0v) is 15.4. The van der Waals surface area contributed by atoms with Gasteiger partial charge in [-0.05, 0) is 30.3 Å². The smallest absolute Gasteiger partial charge is 0.363 e. The first-order valence-corrected chi connectivity index (χ1v) is 8.92. The molecule has 1 N–H and O–H groups in total. The molecule has 10 heteroatoms. The predicted octanol–water partition coefficient (Wildman–Crippen LogP) is 3.37. The Hall–Kier alpha value is -3.14. The Morgan fingerprint density at radius 1 is 1.03 bits per heavy atom. The molecule has 2 aromatic rings. The maximum atomic E-state index is 12.6. The molecule has 0 atom stereocenters. The van der Waals surface area contributed by atoms with Crippen LogP contribution in [0.1, 0.15) is 5.56 Å². The second kappa shape index (κ2) is 8.48. The predicted molar refractivity (Wildman–Crippen MR) is 102 cm³/mol. The van der Waals surface area contributed by atoms with Crippen molar-refractivity contribution in [2.75, 3.05) is 42.9 Å². The average Bonchev–Trinajstić information content (AvgIpc) is 2.68. The van der Waals surface area contributed by atoms with Crippen LogP contribution in [0.15, 0.2) is 48.5 Å². The number of carbonyl (C=O) groups excluding carboxylic acids is 1. The Balaban J connectivity index is 1.52. The number of carbonyl (C=O) groups is 1. The van der Waals surface area contributed by atoms with Gasteiger partial charge < -0.3 is 10.2 Å². The fourth-order valence-electron chi connectivity index (χ4n) is 3.18. The highest BCUT2D eigenvalue weighted by Gasteiger charge is 2.30. The van der Waals surface area contributed by atoms with E-state index in [1.807, 2.05) is 9.80 Å². The summed E-state index contributed by atoms with van der Waals surface area (Å²) in [6.45, 7) is 2.21. The molecule has 1 heterocycles. The number of nitrogens with zero attached hydrogens (tertiary/aromatic N) is 3. The molecule has 0 spiro atoms. The summed E-state index contributed by atoms with van der Waals surface area (Å²) in [7, 11) is 0. The van der Waals surface area contributed by atoms with Crippen molar-refractivity contribution in [3.63, 3.8) is 0 Å². The van der Waals surface area contributed by atoms with Gasteiger partial charge >= 0.3 is 6.18 Å². The Morgan fingerprint density at radius 2 is 1.66 bits per heavy atom. The summed E-state index contributed by atoms with van der Waals surface area (Å²) in [6, 6.07) is 10.8. The summed E-state index contributed by atoms with van der Waals surface area (Å²) in [5.74, 6) is -0.330. The largest absolute Gasteiger partial charge is 0.416 e. The summed E-state index contributed by atoms with van der Waals surface area (Å²) < 4.78 is 37.7. The Morgan fingerprint density at radius 3 is 2.24 bits per heavy atom. The van der Waals surface area contributed by atoms with Crippen LogP contribution in [-0.2, 0) is 11.0 Å². The van der Waals surface area contributed by atoms with Crippen molar-refractivity contribution >= 4 is 23.0 Å². The number of rotatable bonds is 5. The van der Waals surface area contributed by atoms with E-state index in [-0.39, 0.29) is 18.1 Å². The molecule has 0 bridgehead atoms. The molecular weight excluding hydrogens is 389 g/mol. The van der Waals surface area contributed by atoms with Gasteiger partial charge in [-0.15, -0.1) is 0 Å². The highest BCUT2D eigenvalue weighted by Crippen LogP contribution is 2.30. The summed E-state index contributed by atoms with van der Waals surface area (Å²) >= 11 is 0. The van der Waals surface area contributed by atoms with Crippen molar-refractivity contribution in [2.24, 2.45) is 0 Å². The lowest BCUT2D eigenvalue weighted by molar-refractivity contribution is -0.384. The topological polar surface area (TPSA) is 78.7 Å². The number of piperazine rings is 1. The minimum Gasteiger partial charge on any atom is -0.363 e. The minimum atomic E-state index is -4.42. The van der Waals surface area contributed by atoms with E-state index in [2.05, 4.69) is 5.32 Å². The molecule has 1 aliphatic heterocycles. The molecule has 1 aliphatic rings. The first-order chi connectivity index (χ1) is 13.7. The number of benzene rings is 2. The zero-order chi connectivity index (χ0) is 21.0. The van der Waals surface area contributed by atoms with Crippen LogP contribution in [0.25, 0.3) is 0 Å². The van der Waals surface area contributed by atoms with Gasteiger partial charge in [0, 0.05) is 37.9 Å². The fraction of sp³-hybridized carbons (Fsp3) is 0.316. The van der Waals surface area contributed by atoms with Crippen molar-refractivity contribution in [3.05, 3.63) is 64.2 Å². The van der Waals surface area contributed by atoms with E-state index in [4.69, 9.17) is 0 Å². The number of halogens is 3. The number of anilines is 2. The highest BCUT2D eigenvalue weighted by atomic mass is 19.4. The van der Waals surface area contributed by atoms with E-state index in [0.29, 0.717) is 37.6 Å². The monoisotopic (exact) mass is 408 g/mol. The number of alkyl halides is 3. The van der Waals surface area contributed by atoms with Crippen LogP contribution >= 0.6 is 0 Å². The van der Waals surface area contributed by atoms with Crippen molar-refractivity contribution in [3.8, 4) is 0 Å². The van der Waals surface area contributed by atoms with Crippen molar-refractivity contribution in [2.45, 2.75) is 6.18 Å². The van der Waals surface area contributed by atoms with Crippen LogP contribution in [0, 0.1) is 10.1 Å². The third-order valence-electron chi connectivity index (χ3n) is 4.65. The zero-order valence-electron chi connectivity index (χ0n) is 15.4. The Labute approximate surface area is 164 Å². The van der Waals surface area contributed by atoms with Gasteiger partial charge in [-0.3, -0.25) is 19.8 Å². The van der Waals surface area contributed by atoms with Crippen molar-refractivity contribution < 1.29 is 22.9 Å². The maximum absolute atomic E-state index is 12.6. The van der Waals surface area contributed by atoms with Gasteiger partial charge in [0.05, 0.1) is 17.0 Å². The van der Waals surface area contributed by atoms with E-state index in [0.717, 1.165) is 12.1 Å². The van der Waals surface area contributed by atoms with E-state index < -0.39 is 16.7 Å². The third kappa shape index (κ3) is 5.23. The number of nitrogens with one attached hydrogen (secondary N) is 1. The Bertz CT molecular complexity index is 879. The molecule has 1 fully saturated rings. The molecule has 0 radical (unpaired) electrons. The Kier molecular flexibility index (Phi) is 6.02. The summed E-state index contributed by atoms with van der Waals surface area (Å²) in [4.78, 5) is 26.7. The van der Waals surface area contributed by atoms with Gasteiger partial charge in [0.1, 0.15) is 5.69 Å². The van der Waals surface area contributed by atoms with Crippen LogP contribution in [0.5, 0.6) is 0 Å². The van der Waals surface area contributed by atoms with Crippen LogP contribution in [-0.4, -0.2) is 48.5 Å². The van der Waals surface area contributed by atoms with Gasteiger partial charge in [0.2, 0.25) is 5.91 Å². The van der Waals surface area contributed by atoms with E-state index in [1.165, 1.54) is 18.2 Å². The molecule has 0 aliphatic carbocycles. The molecule has 7 nitrogen and oxygen atoms in total. The first-order valence-electron chi connectivity index (χ1n) is 8.92. The molecular formula is C19H19F3N4O3. The van der Waals surface area contributed by atoms with Crippen LogP contribution < -0.4 is 10.2 Å². The number of nitro benzene ring substituents is 1. The number of hydrogen-bond acceptors (Lipinski definition) is 5. The van der Waals surface area contributed by atoms with Crippen molar-refractivity contribution in [1.29, 1.82) is 0 Å². The van der Waals surface area contributed by atoms with Crippen molar-refractivity contribution in [1.82, 2.24) is 4.90 Å². The highest BCUT2D eigenvalue weighted by molar-refractivity contribution is 5.92. The maximum Gasteiger partial charge on any atom is 0.416 e. The van der Waals surface area contributed by atoms with Gasteiger partial charge in [0.25, 0.3) is 5.69 Å². The molecule has 154 valence electrons. The molecule has 0 aromatic heterocycles. The SMILES string of the molecule is O=C(CN1CCN(c2ccccc2[N+](=O)[O-])CC1)Nc1ccc(C(F)(F)F)cc1. The number of para-hydroxylation sites is 2. The fourth-order valence-corrected chi connectivity index (χ4v) is 3.18. The summed E-state index contributed by atoms with van der Waals surface area (Å²) in [5, 5.41) is 13.8. The van der Waals surface area contributed by atoms with Gasteiger partial charge in [0.15, 0.2) is 0 Å². The van der Waals surface area contributed by atoms with Gasteiger partial charge in [-0.1, -0.05) is 12.1 Å². The van der Waals surface area contributed by atoms with Crippen LogP contribution in [0.2, 0.25) is 0 Å². The summed E-state index contributed by atoms with van der Waals surface area (Å²) in [6.07, 6.45) is -4.42. The number of nitro groups is 1. The molecule has 0 unspecified atom stereocenters. The first kappa shape index (κ1) is 20.6. The van der Waals surface area contributed by atoms with Crippen LogP contribution in [0.4, 0.5) is 30.2 Å². The number of hydrogen-bond donors (Lipinski definition) is 1. The van der Waals surface area contributed by atoms with Crippen LogP contribution in [0.3, 0.4) is 0 Å². The number of amides is 1.